The first-order valence-corrected chi connectivity index (χ1v) is 6.07. The van der Waals surface area contributed by atoms with E-state index in [1.54, 1.807) is 0 Å². The summed E-state index contributed by atoms with van der Waals surface area (Å²) in [4.78, 5) is 13.5. The second kappa shape index (κ2) is 3.63. The van der Waals surface area contributed by atoms with Gasteiger partial charge in [0.2, 0.25) is 5.91 Å². The van der Waals surface area contributed by atoms with Crippen LogP contribution in [0.5, 0.6) is 0 Å². The van der Waals surface area contributed by atoms with Crippen molar-refractivity contribution in [2.24, 2.45) is 11.3 Å². The van der Waals surface area contributed by atoms with E-state index in [9.17, 15) is 9.90 Å². The minimum absolute atomic E-state index is 0.00587. The lowest BCUT2D eigenvalue weighted by Gasteiger charge is -2.62. The fourth-order valence-corrected chi connectivity index (χ4v) is 3.43. The van der Waals surface area contributed by atoms with E-state index >= 15 is 0 Å². The summed E-state index contributed by atoms with van der Waals surface area (Å²) in [6.45, 7) is 4.85. The number of aliphatic hydroxyl groups excluding tert-OH is 1. The zero-order chi connectivity index (χ0) is 11.2. The number of hydrogen-bond donors (Lipinski definition) is 1. The zero-order valence-corrected chi connectivity index (χ0v) is 10.00. The molecule has 0 spiro atoms. The van der Waals surface area contributed by atoms with Crippen LogP contribution in [0.4, 0.5) is 0 Å². The van der Waals surface area contributed by atoms with Crippen molar-refractivity contribution in [1.82, 2.24) is 4.90 Å². The Balaban J connectivity index is 2.17. The third-order valence-electron chi connectivity index (χ3n) is 4.04. The summed E-state index contributed by atoms with van der Waals surface area (Å²) in [5.74, 6) is 0.322. The van der Waals surface area contributed by atoms with Gasteiger partial charge < -0.3 is 10.0 Å². The van der Waals surface area contributed by atoms with E-state index in [0.29, 0.717) is 0 Å². The quantitative estimate of drug-likeness (QED) is 0.690. The molecule has 0 unspecified atom stereocenters. The van der Waals surface area contributed by atoms with Crippen LogP contribution in [0, 0.1) is 11.3 Å². The Hall–Kier alpha value is -0.280. The van der Waals surface area contributed by atoms with Crippen molar-refractivity contribution in [3.63, 3.8) is 0 Å². The summed E-state index contributed by atoms with van der Waals surface area (Å²) < 4.78 is 0. The normalized spacial score (nSPS) is 38.1. The van der Waals surface area contributed by atoms with Gasteiger partial charge in [-0.1, -0.05) is 13.8 Å². The van der Waals surface area contributed by atoms with E-state index in [1.807, 2.05) is 18.7 Å². The van der Waals surface area contributed by atoms with Gasteiger partial charge in [-0.2, -0.15) is 0 Å². The van der Waals surface area contributed by atoms with Crippen molar-refractivity contribution in [2.45, 2.75) is 38.8 Å². The molecular formula is C11H18ClNO2. The second-order valence-electron chi connectivity index (χ2n) is 5.24. The van der Waals surface area contributed by atoms with Gasteiger partial charge in [0.15, 0.2) is 0 Å². The predicted octanol–water partition coefficient (Wildman–Crippen LogP) is 1.23. The average Bonchev–Trinajstić information content (AvgIpc) is 2.26. The minimum Gasteiger partial charge on any atom is -0.392 e. The van der Waals surface area contributed by atoms with E-state index < -0.39 is 0 Å². The van der Waals surface area contributed by atoms with E-state index in [1.165, 1.54) is 0 Å². The Morgan fingerprint density at radius 2 is 2.27 bits per heavy atom. The number of hydrogen-bond acceptors (Lipinski definition) is 2. The second-order valence-corrected chi connectivity index (χ2v) is 5.51. The molecule has 15 heavy (non-hydrogen) atoms. The lowest BCUT2D eigenvalue weighted by molar-refractivity contribution is -0.195. The molecule has 0 bridgehead atoms. The third kappa shape index (κ3) is 1.48. The van der Waals surface area contributed by atoms with Crippen LogP contribution in [0.2, 0.25) is 0 Å². The monoisotopic (exact) mass is 231 g/mol. The Morgan fingerprint density at radius 3 is 2.87 bits per heavy atom. The molecule has 1 heterocycles. The summed E-state index contributed by atoms with van der Waals surface area (Å²) in [6, 6.07) is 0.187. The summed E-state index contributed by atoms with van der Waals surface area (Å²) in [5, 5.41) is 9.97. The van der Waals surface area contributed by atoms with Crippen LogP contribution in [-0.4, -0.2) is 40.5 Å². The summed E-state index contributed by atoms with van der Waals surface area (Å²) >= 11 is 5.60. The molecule has 4 heteroatoms. The number of amides is 1. The Labute approximate surface area is 95.4 Å². The molecule has 1 saturated heterocycles. The Morgan fingerprint density at radius 1 is 1.60 bits per heavy atom. The van der Waals surface area contributed by atoms with E-state index in [4.69, 9.17) is 11.6 Å². The number of alkyl halides is 1. The van der Waals surface area contributed by atoms with Crippen molar-refractivity contribution in [3.8, 4) is 0 Å². The fourth-order valence-electron chi connectivity index (χ4n) is 3.27. The number of carbonyl (C=O) groups is 1. The Bertz CT molecular complexity index is 280. The number of rotatable bonds is 1. The highest BCUT2D eigenvalue weighted by atomic mass is 35.5. The molecule has 1 N–H and O–H groups in total. The first kappa shape index (κ1) is 11.2. The Kier molecular flexibility index (Phi) is 2.72. The van der Waals surface area contributed by atoms with Crippen LogP contribution in [0.25, 0.3) is 0 Å². The molecular weight excluding hydrogens is 214 g/mol. The summed E-state index contributed by atoms with van der Waals surface area (Å²) in [7, 11) is 0. The lowest BCUT2D eigenvalue weighted by atomic mass is 9.54. The standard InChI is InChI=1S/C11H18ClNO2/c1-11(2)9-7(10(11)15)4-3-5-13(9)8(14)6-12/h7,9-10,15H,3-6H2,1-2H3/t7-,9+,10-/m0/s1. The van der Waals surface area contributed by atoms with Crippen molar-refractivity contribution < 1.29 is 9.90 Å². The van der Waals surface area contributed by atoms with E-state index in [2.05, 4.69) is 0 Å². The van der Waals surface area contributed by atoms with Gasteiger partial charge in [0.1, 0.15) is 5.88 Å². The molecule has 2 aliphatic rings. The first-order chi connectivity index (χ1) is 7.00. The third-order valence-corrected chi connectivity index (χ3v) is 4.27. The maximum Gasteiger partial charge on any atom is 0.237 e. The van der Waals surface area contributed by atoms with Gasteiger partial charge in [-0.05, 0) is 12.8 Å². The van der Waals surface area contributed by atoms with Crippen LogP contribution >= 0.6 is 11.6 Å². The van der Waals surface area contributed by atoms with Gasteiger partial charge in [0, 0.05) is 23.9 Å². The summed E-state index contributed by atoms with van der Waals surface area (Å²) in [6.07, 6.45) is 1.74. The van der Waals surface area contributed by atoms with Gasteiger partial charge in [-0.15, -0.1) is 11.6 Å². The number of carbonyl (C=O) groups excluding carboxylic acids is 1. The molecule has 86 valence electrons. The molecule has 0 aromatic rings. The minimum atomic E-state index is -0.270. The van der Waals surface area contributed by atoms with Gasteiger partial charge in [-0.3, -0.25) is 4.79 Å². The molecule has 1 aliphatic carbocycles. The van der Waals surface area contributed by atoms with Crippen molar-refractivity contribution in [2.75, 3.05) is 12.4 Å². The number of nitrogens with zero attached hydrogens (tertiary/aromatic N) is 1. The van der Waals surface area contributed by atoms with Gasteiger partial charge >= 0.3 is 0 Å². The first-order valence-electron chi connectivity index (χ1n) is 5.53. The molecule has 0 aromatic heterocycles. The molecule has 3 nitrogen and oxygen atoms in total. The highest BCUT2D eigenvalue weighted by Crippen LogP contribution is 2.52. The summed E-state index contributed by atoms with van der Waals surface area (Å²) in [5.41, 5.74) is -0.174. The maximum absolute atomic E-state index is 11.7. The largest absolute Gasteiger partial charge is 0.392 e. The fraction of sp³-hybridized carbons (Fsp3) is 0.909. The van der Waals surface area contributed by atoms with Crippen LogP contribution < -0.4 is 0 Å². The smallest absolute Gasteiger partial charge is 0.237 e. The molecule has 1 saturated carbocycles. The maximum atomic E-state index is 11.7. The van der Waals surface area contributed by atoms with Crippen LogP contribution in [0.15, 0.2) is 0 Å². The number of aliphatic hydroxyl groups is 1. The zero-order valence-electron chi connectivity index (χ0n) is 9.24. The number of likely N-dealkylation sites (tertiary alicyclic amines) is 1. The number of halogens is 1. The molecule has 2 fully saturated rings. The van der Waals surface area contributed by atoms with Gasteiger partial charge in [-0.25, -0.2) is 0 Å². The van der Waals surface area contributed by atoms with E-state index in [0.717, 1.165) is 19.4 Å². The molecule has 1 amide bonds. The average molecular weight is 232 g/mol. The van der Waals surface area contributed by atoms with Gasteiger partial charge in [0.25, 0.3) is 0 Å². The van der Waals surface area contributed by atoms with Crippen LogP contribution in [0.1, 0.15) is 26.7 Å². The number of fused-ring (bicyclic) bond motifs is 1. The van der Waals surface area contributed by atoms with E-state index in [-0.39, 0.29) is 35.3 Å². The van der Waals surface area contributed by atoms with Crippen molar-refractivity contribution >= 4 is 17.5 Å². The highest BCUT2D eigenvalue weighted by molar-refractivity contribution is 6.27. The van der Waals surface area contributed by atoms with Crippen LogP contribution in [0.3, 0.4) is 0 Å². The van der Waals surface area contributed by atoms with Crippen LogP contribution in [-0.2, 0) is 4.79 Å². The molecule has 1 aliphatic heterocycles. The molecule has 3 atom stereocenters. The topological polar surface area (TPSA) is 40.5 Å². The van der Waals surface area contributed by atoms with Crippen molar-refractivity contribution in [3.05, 3.63) is 0 Å². The highest BCUT2D eigenvalue weighted by Gasteiger charge is 2.59. The molecule has 2 rings (SSSR count). The number of piperidine rings is 1. The SMILES string of the molecule is CC1(C)[C@@H](O)[C@H]2CCCN(C(=O)CCl)[C@H]21. The molecule has 0 aromatic carbocycles. The predicted molar refractivity (Wildman–Crippen MR) is 58.7 cm³/mol. The van der Waals surface area contributed by atoms with Gasteiger partial charge in [0.05, 0.1) is 6.10 Å². The lowest BCUT2D eigenvalue weighted by Crippen LogP contribution is -2.71. The van der Waals surface area contributed by atoms with Crippen molar-refractivity contribution in [1.29, 1.82) is 0 Å². The molecule has 0 radical (unpaired) electrons.